The molecule has 0 saturated carbocycles. The molecule has 1 aromatic heterocycles. The molecule has 1 atom stereocenters. The van der Waals surface area contributed by atoms with E-state index in [1.54, 1.807) is 19.1 Å². The Bertz CT molecular complexity index is 523. The van der Waals surface area contributed by atoms with Gasteiger partial charge in [0.05, 0.1) is 11.5 Å². The number of thiophene rings is 1. The molecule has 0 amide bonds. The van der Waals surface area contributed by atoms with Crippen molar-refractivity contribution in [2.24, 2.45) is 0 Å². The molecule has 0 radical (unpaired) electrons. The van der Waals surface area contributed by atoms with E-state index in [0.29, 0.717) is 4.88 Å². The van der Waals surface area contributed by atoms with Gasteiger partial charge in [0.15, 0.2) is 0 Å². The molecule has 80 valence electrons. The summed E-state index contributed by atoms with van der Waals surface area (Å²) in [5, 5.41) is 18.1. The topological polar surface area (TPSA) is 40.5 Å². The first-order chi connectivity index (χ1) is 7.77. The smallest absolute Gasteiger partial charge is 0.111 e. The SMILES string of the molecule is CC#CC#CC#Cc1ccc([C@@H](O)CO)s1. The zero-order chi connectivity index (χ0) is 11.8. The second kappa shape index (κ2) is 6.72. The van der Waals surface area contributed by atoms with Crippen LogP contribution in [0.4, 0.5) is 0 Å². The molecule has 0 aliphatic heterocycles. The predicted octanol–water partition coefficient (Wildman–Crippen LogP) is 1.15. The summed E-state index contributed by atoms with van der Waals surface area (Å²) in [6.07, 6.45) is -0.822. The Kier molecular flexibility index (Phi) is 5.20. The molecule has 3 heteroatoms. The molecular weight excluding hydrogens is 220 g/mol. The quantitative estimate of drug-likeness (QED) is 0.748. The van der Waals surface area contributed by atoms with Crippen LogP contribution in [0.15, 0.2) is 12.1 Å². The fourth-order valence-corrected chi connectivity index (χ4v) is 1.75. The van der Waals surface area contributed by atoms with Crippen molar-refractivity contribution in [1.82, 2.24) is 0 Å². The lowest BCUT2D eigenvalue weighted by Gasteiger charge is -2.00. The zero-order valence-corrected chi connectivity index (χ0v) is 9.56. The molecular formula is C13H10O2S. The lowest BCUT2D eigenvalue weighted by Crippen LogP contribution is -1.98. The van der Waals surface area contributed by atoms with Crippen molar-refractivity contribution >= 4 is 11.3 Å². The molecule has 0 aromatic carbocycles. The van der Waals surface area contributed by atoms with Gasteiger partial charge in [0, 0.05) is 4.88 Å². The van der Waals surface area contributed by atoms with E-state index in [0.717, 1.165) is 4.88 Å². The van der Waals surface area contributed by atoms with Crippen LogP contribution in [-0.4, -0.2) is 16.8 Å². The fraction of sp³-hybridized carbons (Fsp3) is 0.231. The third-order valence-corrected chi connectivity index (χ3v) is 2.73. The van der Waals surface area contributed by atoms with Crippen molar-refractivity contribution < 1.29 is 10.2 Å². The Balaban J connectivity index is 2.72. The Morgan fingerprint density at radius 2 is 2.00 bits per heavy atom. The van der Waals surface area contributed by atoms with E-state index in [4.69, 9.17) is 5.11 Å². The molecule has 1 heterocycles. The van der Waals surface area contributed by atoms with E-state index in [2.05, 4.69) is 35.5 Å². The van der Waals surface area contributed by atoms with Crippen molar-refractivity contribution in [1.29, 1.82) is 0 Å². The van der Waals surface area contributed by atoms with Gasteiger partial charge in [-0.3, -0.25) is 0 Å². The van der Waals surface area contributed by atoms with Crippen LogP contribution >= 0.6 is 11.3 Å². The molecule has 16 heavy (non-hydrogen) atoms. The van der Waals surface area contributed by atoms with E-state index in [-0.39, 0.29) is 6.61 Å². The molecule has 0 aliphatic carbocycles. The summed E-state index contributed by atoms with van der Waals surface area (Å²) in [6, 6.07) is 3.54. The summed E-state index contributed by atoms with van der Waals surface area (Å²) >= 11 is 1.34. The second-order valence-electron chi connectivity index (χ2n) is 2.78. The number of hydrogen-bond donors (Lipinski definition) is 2. The summed E-state index contributed by atoms with van der Waals surface area (Å²) in [6.45, 7) is 1.43. The van der Waals surface area contributed by atoms with Crippen LogP contribution < -0.4 is 0 Å². The highest BCUT2D eigenvalue weighted by Gasteiger charge is 2.07. The molecule has 2 nitrogen and oxygen atoms in total. The van der Waals surface area contributed by atoms with Crippen LogP contribution in [0.2, 0.25) is 0 Å². The highest BCUT2D eigenvalue weighted by atomic mass is 32.1. The molecule has 1 aromatic rings. The standard InChI is InChI=1S/C13H10O2S/c1-2-3-4-5-6-7-11-8-9-13(16-11)12(15)10-14/h8-9,12,14-15H,10H2,1H3/t12-/m0/s1. The zero-order valence-electron chi connectivity index (χ0n) is 8.74. The minimum absolute atomic E-state index is 0.278. The average molecular weight is 230 g/mol. The molecule has 0 spiro atoms. The highest BCUT2D eigenvalue weighted by molar-refractivity contribution is 7.12. The van der Waals surface area contributed by atoms with Crippen LogP contribution in [0.3, 0.4) is 0 Å². The van der Waals surface area contributed by atoms with Gasteiger partial charge in [-0.1, -0.05) is 5.92 Å². The Morgan fingerprint density at radius 1 is 1.25 bits per heavy atom. The number of aliphatic hydroxyl groups is 2. The maximum Gasteiger partial charge on any atom is 0.111 e. The molecule has 0 aliphatic rings. The summed E-state index contributed by atoms with van der Waals surface area (Å²) in [4.78, 5) is 1.51. The number of aliphatic hydroxyl groups excluding tert-OH is 2. The van der Waals surface area contributed by atoms with Crippen LogP contribution in [0.25, 0.3) is 0 Å². The summed E-state index contributed by atoms with van der Waals surface area (Å²) in [5.74, 6) is 15.9. The second-order valence-corrected chi connectivity index (χ2v) is 3.89. The van der Waals surface area contributed by atoms with Gasteiger partial charge >= 0.3 is 0 Å². The Labute approximate surface area is 98.9 Å². The lowest BCUT2D eigenvalue weighted by atomic mass is 10.3. The van der Waals surface area contributed by atoms with Gasteiger partial charge in [-0.2, -0.15) is 0 Å². The van der Waals surface area contributed by atoms with Crippen molar-refractivity contribution in [3.05, 3.63) is 21.9 Å². The largest absolute Gasteiger partial charge is 0.393 e. The van der Waals surface area contributed by atoms with Crippen molar-refractivity contribution in [2.45, 2.75) is 13.0 Å². The lowest BCUT2D eigenvalue weighted by molar-refractivity contribution is 0.0984. The van der Waals surface area contributed by atoms with Crippen molar-refractivity contribution in [3.8, 4) is 35.5 Å². The minimum atomic E-state index is -0.822. The number of rotatable bonds is 2. The first kappa shape index (κ1) is 12.4. The molecule has 0 bridgehead atoms. The molecule has 0 unspecified atom stereocenters. The van der Waals surface area contributed by atoms with E-state index in [1.165, 1.54) is 11.3 Å². The fourth-order valence-electron chi connectivity index (χ4n) is 0.907. The Hall–Kier alpha value is -1.70. The van der Waals surface area contributed by atoms with E-state index < -0.39 is 6.10 Å². The third-order valence-electron chi connectivity index (χ3n) is 1.63. The third kappa shape index (κ3) is 3.81. The molecule has 2 N–H and O–H groups in total. The highest BCUT2D eigenvalue weighted by Crippen LogP contribution is 2.22. The van der Waals surface area contributed by atoms with Gasteiger partial charge in [0.2, 0.25) is 0 Å². The molecule has 0 fully saturated rings. The predicted molar refractivity (Wildman–Crippen MR) is 64.5 cm³/mol. The van der Waals surface area contributed by atoms with Crippen molar-refractivity contribution in [3.63, 3.8) is 0 Å². The van der Waals surface area contributed by atoms with Gasteiger partial charge in [0.1, 0.15) is 6.10 Å². The molecule has 1 rings (SSSR count). The average Bonchev–Trinajstić information content (AvgIpc) is 2.76. The maximum atomic E-state index is 9.35. The van der Waals surface area contributed by atoms with Crippen LogP contribution in [0.1, 0.15) is 22.8 Å². The number of hydrogen-bond acceptors (Lipinski definition) is 3. The first-order valence-electron chi connectivity index (χ1n) is 4.59. The van der Waals surface area contributed by atoms with E-state index in [9.17, 15) is 5.11 Å². The van der Waals surface area contributed by atoms with Crippen molar-refractivity contribution in [2.75, 3.05) is 6.61 Å². The maximum absolute atomic E-state index is 9.35. The van der Waals surface area contributed by atoms with Gasteiger partial charge in [-0.25, -0.2) is 0 Å². The van der Waals surface area contributed by atoms with Crippen LogP contribution in [0, 0.1) is 35.5 Å². The van der Waals surface area contributed by atoms with Crippen LogP contribution in [0.5, 0.6) is 0 Å². The van der Waals surface area contributed by atoms with Gasteiger partial charge in [-0.15, -0.1) is 11.3 Å². The molecule has 0 saturated heterocycles. The normalized spacial score (nSPS) is 9.94. The summed E-state index contributed by atoms with van der Waals surface area (Å²) in [7, 11) is 0. The Morgan fingerprint density at radius 3 is 2.69 bits per heavy atom. The summed E-state index contributed by atoms with van der Waals surface area (Å²) in [5.41, 5.74) is 0. The van der Waals surface area contributed by atoms with Crippen LogP contribution in [-0.2, 0) is 0 Å². The monoisotopic (exact) mass is 230 g/mol. The minimum Gasteiger partial charge on any atom is -0.393 e. The van der Waals surface area contributed by atoms with Gasteiger partial charge < -0.3 is 10.2 Å². The van der Waals surface area contributed by atoms with Gasteiger partial charge in [-0.05, 0) is 48.7 Å². The first-order valence-corrected chi connectivity index (χ1v) is 5.41. The van der Waals surface area contributed by atoms with E-state index in [1.807, 2.05) is 0 Å². The van der Waals surface area contributed by atoms with Gasteiger partial charge in [0.25, 0.3) is 0 Å². The van der Waals surface area contributed by atoms with E-state index >= 15 is 0 Å². The summed E-state index contributed by atoms with van der Waals surface area (Å²) < 4.78 is 0.